The highest BCUT2D eigenvalue weighted by atomic mass is 32.1. The Balaban J connectivity index is 1.44. The second-order valence-electron chi connectivity index (χ2n) is 8.11. The van der Waals surface area contributed by atoms with Gasteiger partial charge in [0.25, 0.3) is 0 Å². The van der Waals surface area contributed by atoms with Crippen molar-refractivity contribution >= 4 is 22.3 Å². The van der Waals surface area contributed by atoms with Crippen molar-refractivity contribution in [3.05, 3.63) is 53.4 Å². The molecule has 2 heterocycles. The van der Waals surface area contributed by atoms with Crippen LogP contribution in [0.4, 0.5) is 5.00 Å². The van der Waals surface area contributed by atoms with E-state index in [0.717, 1.165) is 44.9 Å². The van der Waals surface area contributed by atoms with E-state index in [9.17, 15) is 0 Å². The van der Waals surface area contributed by atoms with Crippen molar-refractivity contribution in [2.75, 3.05) is 31.6 Å². The molecule has 0 aliphatic carbocycles. The predicted molar refractivity (Wildman–Crippen MR) is 118 cm³/mol. The van der Waals surface area contributed by atoms with Gasteiger partial charge in [0.1, 0.15) is 0 Å². The van der Waals surface area contributed by atoms with Crippen LogP contribution in [0.2, 0.25) is 0 Å². The van der Waals surface area contributed by atoms with Crippen molar-refractivity contribution in [2.24, 2.45) is 10.4 Å². The van der Waals surface area contributed by atoms with Crippen molar-refractivity contribution < 1.29 is 0 Å². The molecule has 0 saturated carbocycles. The van der Waals surface area contributed by atoms with Crippen molar-refractivity contribution in [1.82, 2.24) is 10.6 Å². The Morgan fingerprint density at radius 1 is 1.15 bits per heavy atom. The number of aliphatic imine (C=N–C) groups is 1. The number of hydrogen-bond acceptors (Lipinski definition) is 3. The molecule has 0 bridgehead atoms. The summed E-state index contributed by atoms with van der Waals surface area (Å²) in [6.07, 6.45) is 3.34. The molecular weight excluding hydrogens is 352 g/mol. The van der Waals surface area contributed by atoms with Gasteiger partial charge in [0.15, 0.2) is 5.96 Å². The standard InChI is InChI=1S/C22H32N4S/c1-22(2,16-18-8-5-4-6-9-18)17-24-21(23-3)25-19-11-13-26(14-12-19)20-10-7-15-27-20/h4-10,15,19H,11-14,16-17H2,1-3H3,(H2,23,24,25). The molecule has 0 spiro atoms. The number of nitrogens with zero attached hydrogens (tertiary/aromatic N) is 2. The van der Waals surface area contributed by atoms with E-state index in [1.54, 1.807) is 0 Å². The fraction of sp³-hybridized carbons (Fsp3) is 0.500. The minimum atomic E-state index is 0.168. The molecule has 1 fully saturated rings. The molecule has 146 valence electrons. The minimum Gasteiger partial charge on any atom is -0.363 e. The van der Waals surface area contributed by atoms with Gasteiger partial charge in [0.2, 0.25) is 0 Å². The molecule has 1 aliphatic heterocycles. The summed E-state index contributed by atoms with van der Waals surface area (Å²) in [7, 11) is 1.86. The third kappa shape index (κ3) is 5.99. The zero-order valence-electron chi connectivity index (χ0n) is 16.7. The number of piperidine rings is 1. The number of thiophene rings is 1. The average molecular weight is 385 g/mol. The summed E-state index contributed by atoms with van der Waals surface area (Å²) in [5.41, 5.74) is 1.55. The molecule has 0 radical (unpaired) electrons. The molecule has 27 heavy (non-hydrogen) atoms. The monoisotopic (exact) mass is 384 g/mol. The van der Waals surface area contributed by atoms with E-state index >= 15 is 0 Å². The topological polar surface area (TPSA) is 39.7 Å². The smallest absolute Gasteiger partial charge is 0.191 e. The van der Waals surface area contributed by atoms with E-state index in [-0.39, 0.29) is 5.41 Å². The van der Waals surface area contributed by atoms with Gasteiger partial charge >= 0.3 is 0 Å². The molecule has 4 nitrogen and oxygen atoms in total. The van der Waals surface area contributed by atoms with E-state index < -0.39 is 0 Å². The number of hydrogen-bond donors (Lipinski definition) is 2. The van der Waals surface area contributed by atoms with E-state index in [1.807, 2.05) is 18.4 Å². The highest BCUT2D eigenvalue weighted by Gasteiger charge is 2.22. The second kappa shape index (κ2) is 9.27. The number of nitrogens with one attached hydrogen (secondary N) is 2. The normalized spacial score (nSPS) is 16.4. The zero-order valence-corrected chi connectivity index (χ0v) is 17.6. The van der Waals surface area contributed by atoms with Crippen LogP contribution in [0, 0.1) is 5.41 Å². The van der Waals surface area contributed by atoms with Gasteiger partial charge in [-0.2, -0.15) is 0 Å². The lowest BCUT2D eigenvalue weighted by Crippen LogP contribution is -2.50. The highest BCUT2D eigenvalue weighted by Crippen LogP contribution is 2.25. The molecule has 1 saturated heterocycles. The summed E-state index contributed by atoms with van der Waals surface area (Å²) in [4.78, 5) is 6.93. The predicted octanol–water partition coefficient (Wildman–Crippen LogP) is 4.15. The first-order valence-electron chi connectivity index (χ1n) is 9.85. The Kier molecular flexibility index (Phi) is 6.78. The molecule has 2 N–H and O–H groups in total. The first-order chi connectivity index (χ1) is 13.1. The van der Waals surface area contributed by atoms with Crippen molar-refractivity contribution in [3.8, 4) is 0 Å². The molecule has 5 heteroatoms. The molecule has 1 aromatic carbocycles. The van der Waals surface area contributed by atoms with Gasteiger partial charge in [-0.1, -0.05) is 44.2 Å². The minimum absolute atomic E-state index is 0.168. The van der Waals surface area contributed by atoms with Crippen LogP contribution >= 0.6 is 11.3 Å². The Hall–Kier alpha value is -2.01. The fourth-order valence-corrected chi connectivity index (χ4v) is 4.40. The van der Waals surface area contributed by atoms with Crippen LogP contribution in [-0.4, -0.2) is 38.7 Å². The molecule has 3 rings (SSSR count). The Morgan fingerprint density at radius 3 is 2.52 bits per heavy atom. The third-order valence-electron chi connectivity index (χ3n) is 5.14. The van der Waals surface area contributed by atoms with Crippen LogP contribution in [0.15, 0.2) is 52.8 Å². The van der Waals surface area contributed by atoms with Crippen LogP contribution in [0.1, 0.15) is 32.3 Å². The maximum atomic E-state index is 4.44. The summed E-state index contributed by atoms with van der Waals surface area (Å²) < 4.78 is 0. The van der Waals surface area contributed by atoms with Crippen molar-refractivity contribution in [2.45, 2.75) is 39.2 Å². The first kappa shape index (κ1) is 19.7. The first-order valence-corrected chi connectivity index (χ1v) is 10.7. The molecule has 0 atom stereocenters. The summed E-state index contributed by atoms with van der Waals surface area (Å²) in [5.74, 6) is 0.922. The summed E-state index contributed by atoms with van der Waals surface area (Å²) in [6, 6.07) is 15.5. The van der Waals surface area contributed by atoms with E-state index in [1.165, 1.54) is 10.6 Å². The largest absolute Gasteiger partial charge is 0.363 e. The lowest BCUT2D eigenvalue weighted by molar-refractivity contribution is 0.357. The van der Waals surface area contributed by atoms with Gasteiger partial charge < -0.3 is 15.5 Å². The van der Waals surface area contributed by atoms with Gasteiger partial charge in [-0.05, 0) is 47.8 Å². The maximum Gasteiger partial charge on any atom is 0.191 e. The van der Waals surface area contributed by atoms with Crippen LogP contribution in [0.25, 0.3) is 0 Å². The van der Waals surface area contributed by atoms with E-state index in [4.69, 9.17) is 0 Å². The van der Waals surface area contributed by atoms with Gasteiger partial charge in [-0.15, -0.1) is 11.3 Å². The number of anilines is 1. The summed E-state index contributed by atoms with van der Waals surface area (Å²) in [6.45, 7) is 7.72. The molecule has 0 unspecified atom stereocenters. The molecule has 0 amide bonds. The summed E-state index contributed by atoms with van der Waals surface area (Å²) >= 11 is 1.83. The lowest BCUT2D eigenvalue weighted by atomic mass is 9.86. The van der Waals surface area contributed by atoms with Crippen molar-refractivity contribution in [1.29, 1.82) is 0 Å². The number of guanidine groups is 1. The second-order valence-corrected chi connectivity index (χ2v) is 9.04. The van der Waals surface area contributed by atoms with Gasteiger partial charge in [0.05, 0.1) is 5.00 Å². The van der Waals surface area contributed by atoms with Crippen LogP contribution in [0.3, 0.4) is 0 Å². The molecule has 2 aromatic rings. The van der Waals surface area contributed by atoms with Gasteiger partial charge in [0, 0.05) is 32.7 Å². The SMILES string of the molecule is CN=C(NCC(C)(C)Cc1ccccc1)NC1CCN(c2cccs2)CC1. The third-order valence-corrected chi connectivity index (χ3v) is 6.07. The molecular formula is C22H32N4S. The Morgan fingerprint density at radius 2 is 1.89 bits per heavy atom. The maximum absolute atomic E-state index is 4.44. The van der Waals surface area contributed by atoms with Crippen LogP contribution in [-0.2, 0) is 6.42 Å². The summed E-state index contributed by atoms with van der Waals surface area (Å²) in [5, 5.41) is 10.7. The molecule has 1 aliphatic rings. The van der Waals surface area contributed by atoms with Crippen LogP contribution < -0.4 is 15.5 Å². The fourth-order valence-electron chi connectivity index (χ4n) is 3.62. The average Bonchev–Trinajstić information content (AvgIpc) is 3.21. The Labute approximate surface area is 167 Å². The number of rotatable bonds is 6. The highest BCUT2D eigenvalue weighted by molar-refractivity contribution is 7.14. The Bertz CT molecular complexity index is 701. The lowest BCUT2D eigenvalue weighted by Gasteiger charge is -2.34. The van der Waals surface area contributed by atoms with E-state index in [0.29, 0.717) is 6.04 Å². The zero-order chi connectivity index (χ0) is 19.1. The van der Waals surface area contributed by atoms with Crippen LogP contribution in [0.5, 0.6) is 0 Å². The van der Waals surface area contributed by atoms with E-state index in [2.05, 4.69) is 82.2 Å². The quantitative estimate of drug-likeness (QED) is 0.580. The van der Waals surface area contributed by atoms with Gasteiger partial charge in [-0.3, -0.25) is 4.99 Å². The number of benzene rings is 1. The van der Waals surface area contributed by atoms with Gasteiger partial charge in [-0.25, -0.2) is 0 Å². The molecule has 1 aromatic heterocycles. The van der Waals surface area contributed by atoms with Crippen molar-refractivity contribution in [3.63, 3.8) is 0 Å².